The molecule has 0 aliphatic heterocycles. The molecule has 150 valence electrons. The first kappa shape index (κ1) is 19.4. The minimum Gasteiger partial charge on any atom is -0.497 e. The number of nitrogens with one attached hydrogen (secondary N) is 1. The van der Waals surface area contributed by atoms with Crippen LogP contribution in [-0.4, -0.2) is 24.0 Å². The van der Waals surface area contributed by atoms with Gasteiger partial charge in [0.2, 0.25) is 0 Å². The van der Waals surface area contributed by atoms with Crippen LogP contribution in [0.4, 0.5) is 0 Å². The number of nitrogens with zero attached hydrogens (tertiary/aromatic N) is 1. The van der Waals surface area contributed by atoms with Gasteiger partial charge in [-0.2, -0.15) is 0 Å². The van der Waals surface area contributed by atoms with Crippen LogP contribution < -0.4 is 10.1 Å². The molecule has 1 aliphatic rings. The van der Waals surface area contributed by atoms with Gasteiger partial charge in [0.05, 0.1) is 23.9 Å². The molecule has 29 heavy (non-hydrogen) atoms. The van der Waals surface area contributed by atoms with Gasteiger partial charge in [-0.25, -0.2) is 4.98 Å². The van der Waals surface area contributed by atoms with Crippen LogP contribution in [0.2, 0.25) is 0 Å². The van der Waals surface area contributed by atoms with Crippen molar-refractivity contribution < 1.29 is 9.53 Å². The van der Waals surface area contributed by atoms with E-state index in [0.717, 1.165) is 34.3 Å². The molecule has 0 unspecified atom stereocenters. The lowest BCUT2D eigenvalue weighted by Crippen LogP contribution is -2.43. The summed E-state index contributed by atoms with van der Waals surface area (Å²) in [5, 5.41) is 4.21. The van der Waals surface area contributed by atoms with E-state index in [1.54, 1.807) is 7.11 Å². The van der Waals surface area contributed by atoms with E-state index < -0.39 is 0 Å². The van der Waals surface area contributed by atoms with Crippen molar-refractivity contribution in [3.05, 3.63) is 60.2 Å². The zero-order chi connectivity index (χ0) is 20.4. The maximum absolute atomic E-state index is 13.3. The Balaban J connectivity index is 1.71. The van der Waals surface area contributed by atoms with Crippen molar-refractivity contribution >= 4 is 16.8 Å². The second-order valence-electron chi connectivity index (χ2n) is 8.15. The number of carbonyl (C=O) groups excluding carboxylic acids is 1. The Morgan fingerprint density at radius 1 is 1.07 bits per heavy atom. The summed E-state index contributed by atoms with van der Waals surface area (Å²) >= 11 is 0. The van der Waals surface area contributed by atoms with Crippen molar-refractivity contribution in [2.24, 2.45) is 11.8 Å². The summed E-state index contributed by atoms with van der Waals surface area (Å²) in [4.78, 5) is 18.1. The molecule has 1 heterocycles. The van der Waals surface area contributed by atoms with E-state index in [4.69, 9.17) is 9.72 Å². The van der Waals surface area contributed by atoms with Crippen molar-refractivity contribution in [3.8, 4) is 17.0 Å². The van der Waals surface area contributed by atoms with E-state index in [1.807, 2.05) is 54.6 Å². The maximum Gasteiger partial charge on any atom is 0.252 e. The Morgan fingerprint density at radius 3 is 2.59 bits per heavy atom. The first-order valence-electron chi connectivity index (χ1n) is 10.4. The van der Waals surface area contributed by atoms with E-state index in [9.17, 15) is 4.79 Å². The first-order valence-corrected chi connectivity index (χ1v) is 10.4. The van der Waals surface area contributed by atoms with Gasteiger partial charge in [-0.3, -0.25) is 4.79 Å². The third kappa shape index (κ3) is 3.98. The minimum absolute atomic E-state index is 0.00990. The van der Waals surface area contributed by atoms with Gasteiger partial charge in [0.25, 0.3) is 5.91 Å². The smallest absolute Gasteiger partial charge is 0.252 e. The molecule has 4 rings (SSSR count). The van der Waals surface area contributed by atoms with Gasteiger partial charge >= 0.3 is 0 Å². The minimum atomic E-state index is -0.00990. The summed E-state index contributed by atoms with van der Waals surface area (Å²) in [7, 11) is 1.65. The number of hydrogen-bond donors (Lipinski definition) is 1. The molecule has 1 aromatic heterocycles. The number of methoxy groups -OCH3 is 1. The number of hydrogen-bond acceptors (Lipinski definition) is 3. The van der Waals surface area contributed by atoms with Crippen molar-refractivity contribution in [2.45, 2.75) is 39.2 Å². The number of aromatic nitrogens is 1. The van der Waals surface area contributed by atoms with Gasteiger partial charge in [-0.05, 0) is 54.7 Å². The molecule has 1 N–H and O–H groups in total. The van der Waals surface area contributed by atoms with Gasteiger partial charge in [0.15, 0.2) is 0 Å². The molecule has 1 amide bonds. The predicted octanol–water partition coefficient (Wildman–Crippen LogP) is 5.46. The molecule has 0 spiro atoms. The Morgan fingerprint density at radius 2 is 1.83 bits per heavy atom. The zero-order valence-electron chi connectivity index (χ0n) is 17.3. The Bertz CT molecular complexity index is 1010. The highest BCUT2D eigenvalue weighted by atomic mass is 16.5. The molecule has 3 atom stereocenters. The number of benzene rings is 2. The van der Waals surface area contributed by atoms with Crippen LogP contribution >= 0.6 is 0 Å². The quantitative estimate of drug-likeness (QED) is 0.645. The van der Waals surface area contributed by atoms with Gasteiger partial charge < -0.3 is 10.1 Å². The van der Waals surface area contributed by atoms with E-state index in [0.29, 0.717) is 17.4 Å². The monoisotopic (exact) mass is 388 g/mol. The van der Waals surface area contributed by atoms with Crippen LogP contribution in [0.25, 0.3) is 22.2 Å². The third-order valence-electron chi connectivity index (χ3n) is 6.37. The fraction of sp³-hybridized carbons (Fsp3) is 0.360. The highest BCUT2D eigenvalue weighted by molar-refractivity contribution is 6.07. The Kier molecular flexibility index (Phi) is 5.52. The number of amides is 1. The van der Waals surface area contributed by atoms with Crippen LogP contribution in [0, 0.1) is 11.8 Å². The normalized spacial score (nSPS) is 21.7. The average molecular weight is 389 g/mol. The summed E-state index contributed by atoms with van der Waals surface area (Å²) in [6, 6.07) is 17.8. The molecule has 0 bridgehead atoms. The summed E-state index contributed by atoms with van der Waals surface area (Å²) < 4.78 is 5.26. The van der Waals surface area contributed by atoms with E-state index in [2.05, 4.69) is 19.2 Å². The lowest BCUT2D eigenvalue weighted by Gasteiger charge is -2.34. The van der Waals surface area contributed by atoms with Crippen molar-refractivity contribution in [2.75, 3.05) is 7.11 Å². The molecule has 2 aromatic carbocycles. The van der Waals surface area contributed by atoms with Gasteiger partial charge in [-0.1, -0.05) is 44.9 Å². The second-order valence-corrected chi connectivity index (χ2v) is 8.15. The fourth-order valence-corrected chi connectivity index (χ4v) is 4.30. The van der Waals surface area contributed by atoms with Crippen molar-refractivity contribution in [3.63, 3.8) is 0 Å². The molecule has 1 saturated carbocycles. The lowest BCUT2D eigenvalue weighted by atomic mass is 9.78. The van der Waals surface area contributed by atoms with Crippen LogP contribution in [0.15, 0.2) is 54.6 Å². The largest absolute Gasteiger partial charge is 0.497 e. The summed E-state index contributed by atoms with van der Waals surface area (Å²) in [5.74, 6) is 1.91. The van der Waals surface area contributed by atoms with Crippen molar-refractivity contribution in [1.82, 2.24) is 10.3 Å². The highest BCUT2D eigenvalue weighted by Crippen LogP contribution is 2.31. The number of pyridine rings is 1. The molecular weight excluding hydrogens is 360 g/mol. The van der Waals surface area contributed by atoms with Crippen LogP contribution in [0.1, 0.15) is 43.5 Å². The number of ether oxygens (including phenoxy) is 1. The van der Waals surface area contributed by atoms with Crippen LogP contribution in [0.5, 0.6) is 5.75 Å². The molecule has 4 heteroatoms. The number of fused-ring (bicyclic) bond motifs is 1. The molecule has 1 fully saturated rings. The Hall–Kier alpha value is -2.88. The standard InChI is InChI=1S/C25H28N2O2/c1-16-7-6-10-22(17(16)2)27-25(28)21-15-24(18-11-13-19(29-3)14-12-18)26-23-9-5-4-8-20(21)23/h4-5,8-9,11-17,22H,6-7,10H2,1-3H3,(H,27,28)/t16-,17-,22-/m1/s1. The van der Waals surface area contributed by atoms with Crippen molar-refractivity contribution in [1.29, 1.82) is 0 Å². The summed E-state index contributed by atoms with van der Waals surface area (Å²) in [5.41, 5.74) is 3.27. The molecule has 4 nitrogen and oxygen atoms in total. The number of carbonyl (C=O) groups is 1. The van der Waals surface area contributed by atoms with Gasteiger partial charge in [0, 0.05) is 17.0 Å². The van der Waals surface area contributed by atoms with E-state index in [1.165, 1.54) is 12.8 Å². The number of para-hydroxylation sites is 1. The average Bonchev–Trinajstić information content (AvgIpc) is 2.76. The first-order chi connectivity index (χ1) is 14.1. The second kappa shape index (κ2) is 8.24. The predicted molar refractivity (Wildman–Crippen MR) is 117 cm³/mol. The van der Waals surface area contributed by atoms with Gasteiger partial charge in [0.1, 0.15) is 5.75 Å². The number of rotatable bonds is 4. The van der Waals surface area contributed by atoms with Gasteiger partial charge in [-0.15, -0.1) is 0 Å². The van der Waals surface area contributed by atoms with Crippen LogP contribution in [-0.2, 0) is 0 Å². The SMILES string of the molecule is COc1ccc(-c2cc(C(=O)N[C@@H]3CCC[C@@H](C)[C@H]3C)c3ccccc3n2)cc1. The molecule has 1 aliphatic carbocycles. The lowest BCUT2D eigenvalue weighted by molar-refractivity contribution is 0.0892. The molecule has 0 radical (unpaired) electrons. The third-order valence-corrected chi connectivity index (χ3v) is 6.37. The molecule has 3 aromatic rings. The summed E-state index contributed by atoms with van der Waals surface area (Å²) in [6.07, 6.45) is 3.46. The topological polar surface area (TPSA) is 51.2 Å². The van der Waals surface area contributed by atoms with Crippen LogP contribution in [0.3, 0.4) is 0 Å². The highest BCUT2D eigenvalue weighted by Gasteiger charge is 2.29. The zero-order valence-corrected chi connectivity index (χ0v) is 17.3. The summed E-state index contributed by atoms with van der Waals surface area (Å²) in [6.45, 7) is 4.54. The van der Waals surface area contributed by atoms with E-state index >= 15 is 0 Å². The Labute approximate surface area is 172 Å². The van der Waals surface area contributed by atoms with E-state index in [-0.39, 0.29) is 11.9 Å². The fourth-order valence-electron chi connectivity index (χ4n) is 4.30. The molecule has 0 saturated heterocycles. The molecular formula is C25H28N2O2. The maximum atomic E-state index is 13.3.